The average molecular weight is 328 g/mol. The molecule has 1 aromatic carbocycles. The molecular formula is C22H33NO. The smallest absolute Gasteiger partial charge is 0.216 e. The second-order valence-electron chi connectivity index (χ2n) is 8.76. The fourth-order valence-electron chi connectivity index (χ4n) is 4.07. The molecule has 1 heterocycles. The number of nitrogens with zero attached hydrogens (tertiary/aromatic N) is 1. The van der Waals surface area contributed by atoms with Crippen molar-refractivity contribution in [2.24, 2.45) is 16.3 Å². The minimum Gasteiger partial charge on any atom is -0.475 e. The van der Waals surface area contributed by atoms with E-state index >= 15 is 0 Å². The van der Waals surface area contributed by atoms with Gasteiger partial charge in [0.15, 0.2) is 0 Å². The number of rotatable bonds is 4. The van der Waals surface area contributed by atoms with Gasteiger partial charge >= 0.3 is 0 Å². The molecule has 0 bridgehead atoms. The first-order valence-electron chi connectivity index (χ1n) is 9.78. The van der Waals surface area contributed by atoms with Crippen LogP contribution in [0.3, 0.4) is 0 Å². The van der Waals surface area contributed by atoms with Gasteiger partial charge < -0.3 is 4.74 Å². The van der Waals surface area contributed by atoms with Gasteiger partial charge in [0, 0.05) is 5.56 Å². The lowest BCUT2D eigenvalue weighted by Gasteiger charge is -2.28. The Labute approximate surface area is 147 Å². The Hall–Kier alpha value is -1.31. The molecule has 0 N–H and O–H groups in total. The van der Waals surface area contributed by atoms with E-state index in [1.54, 1.807) is 0 Å². The van der Waals surface area contributed by atoms with Crippen molar-refractivity contribution in [3.05, 3.63) is 35.4 Å². The van der Waals surface area contributed by atoms with Gasteiger partial charge in [-0.2, -0.15) is 0 Å². The molecule has 3 rings (SSSR count). The summed E-state index contributed by atoms with van der Waals surface area (Å²) in [6.45, 7) is 9.70. The molecule has 0 aromatic heterocycles. The summed E-state index contributed by atoms with van der Waals surface area (Å²) < 4.78 is 5.85. The Bertz CT molecular complexity index is 559. The van der Waals surface area contributed by atoms with E-state index in [-0.39, 0.29) is 11.5 Å². The fraction of sp³-hybridized carbons (Fsp3) is 0.682. The summed E-state index contributed by atoms with van der Waals surface area (Å²) in [7, 11) is 0. The predicted octanol–water partition coefficient (Wildman–Crippen LogP) is 5.95. The third-order valence-corrected chi connectivity index (χ3v) is 5.82. The van der Waals surface area contributed by atoms with Crippen molar-refractivity contribution in [2.75, 3.05) is 6.61 Å². The van der Waals surface area contributed by atoms with Crippen molar-refractivity contribution in [1.29, 1.82) is 0 Å². The Morgan fingerprint density at radius 2 is 1.71 bits per heavy atom. The number of hydrogen-bond donors (Lipinski definition) is 0. The lowest BCUT2D eigenvalue weighted by atomic mass is 9.77. The Kier molecular flexibility index (Phi) is 5.32. The molecule has 24 heavy (non-hydrogen) atoms. The number of benzene rings is 1. The fourth-order valence-corrected chi connectivity index (χ4v) is 4.07. The summed E-state index contributed by atoms with van der Waals surface area (Å²) in [5, 5.41) is 0. The summed E-state index contributed by atoms with van der Waals surface area (Å²) in [5.74, 6) is 2.55. The molecule has 1 aliphatic carbocycles. The van der Waals surface area contributed by atoms with Crippen molar-refractivity contribution in [1.82, 2.24) is 0 Å². The van der Waals surface area contributed by atoms with Gasteiger partial charge in [-0.1, -0.05) is 52.7 Å². The quantitative estimate of drug-likeness (QED) is 0.669. The van der Waals surface area contributed by atoms with Crippen LogP contribution < -0.4 is 0 Å². The molecule has 1 saturated carbocycles. The van der Waals surface area contributed by atoms with Crippen molar-refractivity contribution >= 4 is 5.90 Å². The first-order chi connectivity index (χ1) is 11.5. The summed E-state index contributed by atoms with van der Waals surface area (Å²) in [6.07, 6.45) is 8.27. The highest BCUT2D eigenvalue weighted by atomic mass is 16.5. The molecule has 1 atom stereocenters. The molecular weight excluding hydrogens is 294 g/mol. The van der Waals surface area contributed by atoms with Crippen molar-refractivity contribution in [3.8, 4) is 0 Å². The second-order valence-corrected chi connectivity index (χ2v) is 8.76. The topological polar surface area (TPSA) is 21.6 Å². The van der Waals surface area contributed by atoms with Gasteiger partial charge in [0.2, 0.25) is 5.90 Å². The maximum Gasteiger partial charge on any atom is 0.216 e. The van der Waals surface area contributed by atoms with Crippen LogP contribution in [0.2, 0.25) is 0 Å². The summed E-state index contributed by atoms with van der Waals surface area (Å²) in [4.78, 5) is 4.80. The van der Waals surface area contributed by atoms with Gasteiger partial charge in [0.1, 0.15) is 6.61 Å². The largest absolute Gasteiger partial charge is 0.475 e. The minimum absolute atomic E-state index is 0.165. The Balaban J connectivity index is 1.62. The van der Waals surface area contributed by atoms with E-state index in [9.17, 15) is 0 Å². The van der Waals surface area contributed by atoms with Crippen LogP contribution in [-0.2, 0) is 4.74 Å². The lowest BCUT2D eigenvalue weighted by molar-refractivity contribution is 0.236. The summed E-state index contributed by atoms with van der Waals surface area (Å²) >= 11 is 0. The summed E-state index contributed by atoms with van der Waals surface area (Å²) in [6, 6.07) is 9.28. The van der Waals surface area contributed by atoms with Gasteiger partial charge in [-0.3, -0.25) is 0 Å². The number of hydrogen-bond acceptors (Lipinski definition) is 2. The zero-order chi connectivity index (χ0) is 17.2. The molecule has 1 aromatic rings. The third kappa shape index (κ3) is 4.02. The van der Waals surface area contributed by atoms with E-state index in [4.69, 9.17) is 9.73 Å². The normalized spacial score (nSPS) is 27.7. The van der Waals surface area contributed by atoms with Gasteiger partial charge in [-0.05, 0) is 60.6 Å². The minimum atomic E-state index is 0.165. The second kappa shape index (κ2) is 7.29. The molecule has 0 saturated heterocycles. The monoisotopic (exact) mass is 327 g/mol. The van der Waals surface area contributed by atoms with Crippen molar-refractivity contribution in [3.63, 3.8) is 0 Å². The maximum absolute atomic E-state index is 5.85. The summed E-state index contributed by atoms with van der Waals surface area (Å²) in [5.41, 5.74) is 2.79. The van der Waals surface area contributed by atoms with Gasteiger partial charge in [-0.15, -0.1) is 0 Å². The van der Waals surface area contributed by atoms with Crippen LogP contribution in [0.5, 0.6) is 0 Å². The highest BCUT2D eigenvalue weighted by molar-refractivity contribution is 5.95. The van der Waals surface area contributed by atoms with Gasteiger partial charge in [-0.25, -0.2) is 4.99 Å². The predicted molar refractivity (Wildman–Crippen MR) is 102 cm³/mol. The molecule has 0 spiro atoms. The van der Waals surface area contributed by atoms with Crippen LogP contribution in [-0.4, -0.2) is 18.5 Å². The number of ether oxygens (including phenoxy) is 1. The molecule has 2 heteroatoms. The third-order valence-electron chi connectivity index (χ3n) is 5.82. The highest BCUT2D eigenvalue weighted by Crippen LogP contribution is 2.37. The standard InChI is InChI=1S/C22H33NO/c1-5-6-16-7-9-17(10-8-16)18-11-13-19(14-12-18)21-23-20(15-24-21)22(2,3)4/h11-14,16-17,20H,5-10,15H2,1-4H3/t16-,17-,20-/m1/s1. The zero-order valence-corrected chi connectivity index (χ0v) is 15.8. The van der Waals surface area contributed by atoms with Crippen molar-refractivity contribution in [2.45, 2.75) is 78.2 Å². The molecule has 0 radical (unpaired) electrons. The van der Waals surface area contributed by atoms with Crippen LogP contribution in [0.1, 0.15) is 83.3 Å². The average Bonchev–Trinajstić information content (AvgIpc) is 3.06. The van der Waals surface area contributed by atoms with E-state index in [1.807, 2.05) is 0 Å². The molecule has 0 amide bonds. The lowest BCUT2D eigenvalue weighted by Crippen LogP contribution is -2.25. The Morgan fingerprint density at radius 3 is 2.25 bits per heavy atom. The van der Waals surface area contributed by atoms with Crippen LogP contribution in [0.25, 0.3) is 0 Å². The zero-order valence-electron chi connectivity index (χ0n) is 15.8. The highest BCUT2D eigenvalue weighted by Gasteiger charge is 2.30. The van der Waals surface area contributed by atoms with E-state index < -0.39 is 0 Å². The van der Waals surface area contributed by atoms with Crippen LogP contribution in [0.15, 0.2) is 29.3 Å². The van der Waals surface area contributed by atoms with E-state index in [0.717, 1.165) is 23.3 Å². The molecule has 0 unspecified atom stereocenters. The first-order valence-corrected chi connectivity index (χ1v) is 9.78. The molecule has 1 aliphatic heterocycles. The maximum atomic E-state index is 5.85. The van der Waals surface area contributed by atoms with Crippen LogP contribution in [0.4, 0.5) is 0 Å². The van der Waals surface area contributed by atoms with Crippen LogP contribution in [0, 0.1) is 11.3 Å². The van der Waals surface area contributed by atoms with E-state index in [2.05, 4.69) is 52.0 Å². The first kappa shape index (κ1) is 17.5. The molecule has 2 nitrogen and oxygen atoms in total. The molecule has 1 fully saturated rings. The van der Waals surface area contributed by atoms with Gasteiger partial charge in [0.05, 0.1) is 6.04 Å². The van der Waals surface area contributed by atoms with E-state index in [0.29, 0.717) is 6.61 Å². The van der Waals surface area contributed by atoms with Crippen LogP contribution >= 0.6 is 0 Å². The Morgan fingerprint density at radius 1 is 1.04 bits per heavy atom. The molecule has 2 aliphatic rings. The van der Waals surface area contributed by atoms with Crippen molar-refractivity contribution < 1.29 is 4.74 Å². The van der Waals surface area contributed by atoms with Gasteiger partial charge in [0.25, 0.3) is 0 Å². The molecule has 132 valence electrons. The number of aliphatic imine (C=N–C) groups is 1. The van der Waals surface area contributed by atoms with E-state index in [1.165, 1.54) is 44.1 Å². The SMILES string of the molecule is CCC[C@H]1CC[C@H](c2ccc(C3=N[C@@H](C(C)(C)C)CO3)cc2)CC1.